The van der Waals surface area contributed by atoms with Crippen LogP contribution in [0.3, 0.4) is 0 Å². The van der Waals surface area contributed by atoms with Crippen molar-refractivity contribution in [2.24, 2.45) is 4.99 Å². The van der Waals surface area contributed by atoms with Gasteiger partial charge in [0.2, 0.25) is 0 Å². The topological polar surface area (TPSA) is 75.2 Å². The highest BCUT2D eigenvalue weighted by atomic mass is 127. The highest BCUT2D eigenvalue weighted by Crippen LogP contribution is 2.38. The first-order chi connectivity index (χ1) is 15.0. The van der Waals surface area contributed by atoms with E-state index in [1.54, 1.807) is 19.0 Å². The molecule has 1 amide bonds. The molecule has 2 N–H and O–H groups in total. The van der Waals surface area contributed by atoms with E-state index < -0.39 is 0 Å². The number of nitrogens with one attached hydrogen (secondary N) is 2. The molecule has 0 aromatic heterocycles. The molecule has 0 saturated heterocycles. The molecule has 174 valence electrons. The summed E-state index contributed by atoms with van der Waals surface area (Å²) in [6, 6.07) is 11.4. The number of nitrogens with zero attached hydrogens (tertiary/aromatic N) is 2. The average Bonchev–Trinajstić information content (AvgIpc) is 2.77. The van der Waals surface area contributed by atoms with Crippen LogP contribution in [0.2, 0.25) is 5.02 Å². The average molecular weight is 573 g/mol. The second-order valence-corrected chi connectivity index (χ2v) is 7.78. The molecule has 0 atom stereocenters. The van der Waals surface area contributed by atoms with Crippen molar-refractivity contribution in [3.63, 3.8) is 0 Å². The molecule has 0 radical (unpaired) electrons. The third kappa shape index (κ3) is 7.16. The van der Waals surface area contributed by atoms with Crippen molar-refractivity contribution in [3.8, 4) is 11.5 Å². The number of hydrogen-bond acceptors (Lipinski definition) is 4. The molecule has 0 spiro atoms. The zero-order valence-corrected chi connectivity index (χ0v) is 21.7. The number of halogens is 2. The highest BCUT2D eigenvalue weighted by molar-refractivity contribution is 14.0. The molecule has 0 aliphatic carbocycles. The summed E-state index contributed by atoms with van der Waals surface area (Å²) in [5, 5.41) is 7.17. The Hall–Kier alpha value is -2.20. The molecular weight excluding hydrogens is 543 g/mol. The first kappa shape index (κ1) is 26.1. The van der Waals surface area contributed by atoms with Gasteiger partial charge in [0.15, 0.2) is 17.5 Å². The number of carbonyl (C=O) groups excluding carboxylic acids is 1. The Morgan fingerprint density at radius 1 is 1.09 bits per heavy atom. The van der Waals surface area contributed by atoms with Crippen LogP contribution in [0.5, 0.6) is 11.5 Å². The molecule has 1 aliphatic rings. The van der Waals surface area contributed by atoms with Gasteiger partial charge < -0.3 is 25.0 Å². The van der Waals surface area contributed by atoms with Crippen molar-refractivity contribution in [2.45, 2.75) is 19.9 Å². The molecule has 2 aromatic rings. The van der Waals surface area contributed by atoms with Crippen molar-refractivity contribution in [3.05, 3.63) is 58.1 Å². The second kappa shape index (κ2) is 12.7. The quantitative estimate of drug-likeness (QED) is 0.301. The van der Waals surface area contributed by atoms with Crippen molar-refractivity contribution >= 4 is 47.4 Å². The predicted octanol–water partition coefficient (Wildman–Crippen LogP) is 3.73. The maximum Gasteiger partial charge on any atom is 0.253 e. The molecule has 0 unspecified atom stereocenters. The number of amides is 1. The predicted molar refractivity (Wildman–Crippen MR) is 139 cm³/mol. The summed E-state index contributed by atoms with van der Waals surface area (Å²) in [5.74, 6) is 2.05. The minimum absolute atomic E-state index is 0. The Balaban J connectivity index is 0.00000363. The number of rotatable bonds is 7. The number of fused-ring (bicyclic) bond motifs is 1. The molecule has 7 nitrogen and oxygen atoms in total. The molecule has 9 heteroatoms. The van der Waals surface area contributed by atoms with Gasteiger partial charge in [0.25, 0.3) is 5.91 Å². The maximum absolute atomic E-state index is 12.0. The van der Waals surface area contributed by atoms with Gasteiger partial charge in [-0.05, 0) is 48.7 Å². The summed E-state index contributed by atoms with van der Waals surface area (Å²) in [6.07, 6.45) is 0.766. The summed E-state index contributed by atoms with van der Waals surface area (Å²) in [6.45, 7) is 5.05. The summed E-state index contributed by atoms with van der Waals surface area (Å²) in [7, 11) is 3.49. The van der Waals surface area contributed by atoms with Gasteiger partial charge in [-0.2, -0.15) is 0 Å². The van der Waals surface area contributed by atoms with Gasteiger partial charge in [0.1, 0.15) is 13.2 Å². The Labute approximate surface area is 211 Å². The van der Waals surface area contributed by atoms with Gasteiger partial charge in [-0.1, -0.05) is 23.7 Å². The lowest BCUT2D eigenvalue weighted by molar-refractivity contribution is 0.0827. The number of aliphatic imine (C=N–C) groups is 1. The van der Waals surface area contributed by atoms with E-state index in [2.05, 4.69) is 15.6 Å². The summed E-state index contributed by atoms with van der Waals surface area (Å²) < 4.78 is 11.2. The lowest BCUT2D eigenvalue weighted by atomic mass is 10.1. The summed E-state index contributed by atoms with van der Waals surface area (Å²) in [4.78, 5) is 18.2. The minimum atomic E-state index is -0.00991. The fourth-order valence-corrected chi connectivity index (χ4v) is 3.44. The van der Waals surface area contributed by atoms with Crippen LogP contribution in [0.1, 0.15) is 28.4 Å². The van der Waals surface area contributed by atoms with Gasteiger partial charge >= 0.3 is 0 Å². The fraction of sp³-hybridized carbons (Fsp3) is 0.391. The van der Waals surface area contributed by atoms with E-state index in [1.807, 2.05) is 43.3 Å². The second-order valence-electron chi connectivity index (χ2n) is 7.37. The van der Waals surface area contributed by atoms with Gasteiger partial charge in [-0.15, -0.1) is 24.0 Å². The van der Waals surface area contributed by atoms with Crippen LogP contribution in [-0.2, 0) is 13.0 Å². The Kier molecular flexibility index (Phi) is 10.4. The zero-order valence-electron chi connectivity index (χ0n) is 18.6. The third-order valence-corrected chi connectivity index (χ3v) is 5.01. The van der Waals surface area contributed by atoms with E-state index in [4.69, 9.17) is 21.1 Å². The smallest absolute Gasteiger partial charge is 0.253 e. The van der Waals surface area contributed by atoms with Gasteiger partial charge in [0, 0.05) is 32.7 Å². The van der Waals surface area contributed by atoms with Crippen LogP contribution in [0.25, 0.3) is 0 Å². The largest absolute Gasteiger partial charge is 0.486 e. The summed E-state index contributed by atoms with van der Waals surface area (Å²) in [5.41, 5.74) is 2.77. The van der Waals surface area contributed by atoms with Crippen LogP contribution in [0, 0.1) is 0 Å². The molecule has 0 bridgehead atoms. The number of carbonyl (C=O) groups is 1. The lowest BCUT2D eigenvalue weighted by Crippen LogP contribution is -2.38. The van der Waals surface area contributed by atoms with Crippen LogP contribution in [0.15, 0.2) is 41.4 Å². The molecule has 1 heterocycles. The maximum atomic E-state index is 12.0. The molecule has 1 aliphatic heterocycles. The van der Waals surface area contributed by atoms with E-state index in [0.29, 0.717) is 48.4 Å². The van der Waals surface area contributed by atoms with E-state index >= 15 is 0 Å². The minimum Gasteiger partial charge on any atom is -0.486 e. The molecule has 0 saturated carbocycles. The number of hydrogen-bond donors (Lipinski definition) is 2. The zero-order chi connectivity index (χ0) is 22.2. The highest BCUT2D eigenvalue weighted by Gasteiger charge is 2.16. The first-order valence-corrected chi connectivity index (χ1v) is 10.8. The normalized spacial score (nSPS) is 12.6. The van der Waals surface area contributed by atoms with E-state index in [0.717, 1.165) is 30.1 Å². The molecule has 3 rings (SSSR count). The van der Waals surface area contributed by atoms with Gasteiger partial charge in [-0.3, -0.25) is 4.79 Å². The van der Waals surface area contributed by atoms with Crippen LogP contribution in [0.4, 0.5) is 0 Å². The van der Waals surface area contributed by atoms with Crippen molar-refractivity contribution in [1.29, 1.82) is 0 Å². The van der Waals surface area contributed by atoms with Crippen molar-refractivity contribution < 1.29 is 14.3 Å². The van der Waals surface area contributed by atoms with E-state index in [1.165, 1.54) is 0 Å². The Morgan fingerprint density at radius 2 is 1.81 bits per heavy atom. The number of ether oxygens (including phenoxy) is 2. The molecule has 0 fully saturated rings. The molecular formula is C23H30ClIN4O3. The standard InChI is InChI=1S/C23H29ClN4O3.HI/c1-4-25-23(27-15-16-5-7-18(8-6-16)22(29)28(2)3)26-10-9-17-13-19(24)21-20(14-17)30-11-12-31-21;/h5-8,13-14H,4,9-12,15H2,1-3H3,(H2,25,26,27);1H. The SMILES string of the molecule is CCNC(=NCc1ccc(C(=O)N(C)C)cc1)NCCc1cc(Cl)c2c(c1)OCCO2.I. The first-order valence-electron chi connectivity index (χ1n) is 10.4. The number of benzene rings is 2. The van der Waals surface area contributed by atoms with Crippen LogP contribution in [-0.4, -0.2) is 57.2 Å². The monoisotopic (exact) mass is 572 g/mol. The Morgan fingerprint density at radius 3 is 2.50 bits per heavy atom. The number of guanidine groups is 1. The van der Waals surface area contributed by atoms with E-state index in [9.17, 15) is 4.79 Å². The van der Waals surface area contributed by atoms with Crippen molar-refractivity contribution in [2.75, 3.05) is 40.4 Å². The fourth-order valence-electron chi connectivity index (χ4n) is 3.16. The molecule has 2 aromatic carbocycles. The lowest BCUT2D eigenvalue weighted by Gasteiger charge is -2.20. The van der Waals surface area contributed by atoms with E-state index in [-0.39, 0.29) is 29.9 Å². The summed E-state index contributed by atoms with van der Waals surface area (Å²) >= 11 is 6.32. The van der Waals surface area contributed by atoms with Gasteiger partial charge in [0.05, 0.1) is 11.6 Å². The van der Waals surface area contributed by atoms with Crippen molar-refractivity contribution in [1.82, 2.24) is 15.5 Å². The van der Waals surface area contributed by atoms with Gasteiger partial charge in [-0.25, -0.2) is 4.99 Å². The van der Waals surface area contributed by atoms with Crippen LogP contribution >= 0.6 is 35.6 Å². The third-order valence-electron chi connectivity index (χ3n) is 4.73. The Bertz CT molecular complexity index is 936. The van der Waals surface area contributed by atoms with Crippen LogP contribution < -0.4 is 20.1 Å². The molecule has 32 heavy (non-hydrogen) atoms.